The monoisotopic (exact) mass is 489 g/mol. The first-order valence-corrected chi connectivity index (χ1v) is 13.3. The van der Waals surface area contributed by atoms with E-state index < -0.39 is 0 Å². The molecule has 2 fully saturated rings. The molecule has 36 heavy (non-hydrogen) atoms. The van der Waals surface area contributed by atoms with Gasteiger partial charge in [0, 0.05) is 49.6 Å². The molecule has 1 aromatic rings. The standard InChI is InChI=1S/C29H40BN3O3/c1-19-8-6-7-13-30(15-23-9-11-24(12-10-23)33-17-25(18-33)36-5)22(4)27(19)29(35)31-16-26-20(2)14-21(3)32-28(26)34/h6-8,13-14,23-25H,1,9-12,15-18H2,2-5H3,(H,31,35)(H,32,34)/b8-6-,13-7-,27-22?. The van der Waals surface area contributed by atoms with Crippen LogP contribution in [-0.4, -0.2) is 54.8 Å². The normalized spacial score (nSPS) is 25.2. The van der Waals surface area contributed by atoms with E-state index in [0.717, 1.165) is 36.1 Å². The summed E-state index contributed by atoms with van der Waals surface area (Å²) in [5.41, 5.74) is 4.54. The molecule has 7 heteroatoms. The van der Waals surface area contributed by atoms with Gasteiger partial charge in [-0.2, -0.15) is 0 Å². The fourth-order valence-corrected chi connectivity index (χ4v) is 6.00. The van der Waals surface area contributed by atoms with Crippen LogP contribution >= 0.6 is 0 Å². The molecule has 2 aliphatic heterocycles. The lowest BCUT2D eigenvalue weighted by atomic mass is 9.39. The minimum absolute atomic E-state index is 0.151. The van der Waals surface area contributed by atoms with Crippen molar-refractivity contribution in [1.29, 1.82) is 0 Å². The minimum atomic E-state index is -0.170. The van der Waals surface area contributed by atoms with Crippen LogP contribution in [0.25, 0.3) is 0 Å². The van der Waals surface area contributed by atoms with E-state index in [0.29, 0.717) is 34.8 Å². The second kappa shape index (κ2) is 11.6. The second-order valence-corrected chi connectivity index (χ2v) is 10.8. The highest BCUT2D eigenvalue weighted by molar-refractivity contribution is 6.72. The maximum absolute atomic E-state index is 13.4. The summed E-state index contributed by atoms with van der Waals surface area (Å²) in [5.74, 6) is 2.71. The van der Waals surface area contributed by atoms with E-state index in [-0.39, 0.29) is 24.7 Å². The number of pyridine rings is 1. The van der Waals surface area contributed by atoms with E-state index in [1.807, 2.05) is 32.1 Å². The van der Waals surface area contributed by atoms with Crippen molar-refractivity contribution in [2.45, 2.75) is 71.5 Å². The predicted octanol–water partition coefficient (Wildman–Crippen LogP) is 4.07. The third-order valence-electron chi connectivity index (χ3n) is 8.30. The largest absolute Gasteiger partial charge is 0.379 e. The number of nitrogens with zero attached hydrogens (tertiary/aromatic N) is 1. The quantitative estimate of drug-likeness (QED) is 0.567. The Hall–Kier alpha value is -2.64. The van der Waals surface area contributed by atoms with E-state index in [2.05, 4.69) is 40.8 Å². The molecule has 0 unspecified atom stereocenters. The molecule has 1 aliphatic carbocycles. The van der Waals surface area contributed by atoms with Crippen LogP contribution in [0.5, 0.6) is 0 Å². The van der Waals surface area contributed by atoms with Crippen molar-refractivity contribution in [1.82, 2.24) is 15.2 Å². The molecule has 1 aromatic heterocycles. The average molecular weight is 489 g/mol. The molecule has 1 amide bonds. The van der Waals surface area contributed by atoms with Crippen molar-refractivity contribution in [3.63, 3.8) is 0 Å². The Labute approximate surface area is 215 Å². The molecule has 4 rings (SSSR count). The minimum Gasteiger partial charge on any atom is -0.379 e. The molecule has 0 bridgehead atoms. The number of carbonyl (C=O) groups is 1. The zero-order chi connectivity index (χ0) is 25.8. The first kappa shape index (κ1) is 26.4. The van der Waals surface area contributed by atoms with Gasteiger partial charge in [-0.3, -0.25) is 14.5 Å². The third kappa shape index (κ3) is 6.01. The van der Waals surface area contributed by atoms with Crippen molar-refractivity contribution in [2.24, 2.45) is 5.92 Å². The van der Waals surface area contributed by atoms with E-state index in [9.17, 15) is 9.59 Å². The lowest BCUT2D eigenvalue weighted by Gasteiger charge is -2.46. The first-order chi connectivity index (χ1) is 17.3. The van der Waals surface area contributed by atoms with Crippen LogP contribution in [0.2, 0.25) is 6.32 Å². The smallest absolute Gasteiger partial charge is 0.253 e. The van der Waals surface area contributed by atoms with Gasteiger partial charge in [-0.05, 0) is 62.7 Å². The number of nitrogens with one attached hydrogen (secondary N) is 2. The van der Waals surface area contributed by atoms with Crippen LogP contribution < -0.4 is 10.9 Å². The van der Waals surface area contributed by atoms with Crippen LogP contribution in [-0.2, 0) is 16.1 Å². The van der Waals surface area contributed by atoms with E-state index in [4.69, 9.17) is 4.74 Å². The predicted molar refractivity (Wildman–Crippen MR) is 147 cm³/mol. The number of aryl methyl sites for hydroxylation is 2. The number of aromatic amines is 1. The van der Waals surface area contributed by atoms with Gasteiger partial charge in [0.15, 0.2) is 6.71 Å². The highest BCUT2D eigenvalue weighted by Gasteiger charge is 2.35. The Kier molecular flexibility index (Phi) is 8.52. The van der Waals surface area contributed by atoms with Crippen molar-refractivity contribution < 1.29 is 9.53 Å². The number of carbonyl (C=O) groups excluding carboxylic acids is 1. The topological polar surface area (TPSA) is 74.4 Å². The van der Waals surface area contributed by atoms with Crippen LogP contribution in [0, 0.1) is 19.8 Å². The summed E-state index contributed by atoms with van der Waals surface area (Å²) in [6, 6.07) is 2.62. The summed E-state index contributed by atoms with van der Waals surface area (Å²) in [6.07, 6.45) is 12.3. The van der Waals surface area contributed by atoms with E-state index in [1.165, 1.54) is 25.7 Å². The highest BCUT2D eigenvalue weighted by Crippen LogP contribution is 2.35. The Morgan fingerprint density at radius 2 is 1.92 bits per heavy atom. The molecular weight excluding hydrogens is 449 g/mol. The third-order valence-corrected chi connectivity index (χ3v) is 8.30. The molecule has 0 atom stereocenters. The lowest BCUT2D eigenvalue weighted by Crippen LogP contribution is -2.56. The Balaban J connectivity index is 1.42. The SMILES string of the molecule is C=C1/C=C\C=C/B(CC2CCC(N3CC(OC)C3)CC2)C(C)=C1C(=O)NCc1c(C)cc(C)[nH]c1=O. The van der Waals surface area contributed by atoms with Gasteiger partial charge in [0.25, 0.3) is 11.5 Å². The summed E-state index contributed by atoms with van der Waals surface area (Å²) < 4.78 is 5.44. The Morgan fingerprint density at radius 3 is 2.58 bits per heavy atom. The number of hydrogen-bond donors (Lipinski definition) is 2. The number of allylic oxidation sites excluding steroid dienone is 4. The highest BCUT2D eigenvalue weighted by atomic mass is 16.5. The summed E-state index contributed by atoms with van der Waals surface area (Å²) in [6.45, 7) is 12.5. The first-order valence-electron chi connectivity index (χ1n) is 13.3. The maximum atomic E-state index is 13.4. The molecule has 3 aliphatic rings. The van der Waals surface area contributed by atoms with Crippen LogP contribution in [0.3, 0.4) is 0 Å². The molecule has 6 nitrogen and oxygen atoms in total. The number of methoxy groups -OCH3 is 1. The van der Waals surface area contributed by atoms with Gasteiger partial charge >= 0.3 is 0 Å². The van der Waals surface area contributed by atoms with Gasteiger partial charge in [-0.15, -0.1) is 5.98 Å². The molecule has 0 aromatic carbocycles. The zero-order valence-electron chi connectivity index (χ0n) is 22.2. The van der Waals surface area contributed by atoms with Gasteiger partial charge < -0.3 is 15.0 Å². The summed E-state index contributed by atoms with van der Waals surface area (Å²) >= 11 is 0. The van der Waals surface area contributed by atoms with Crippen molar-refractivity contribution >= 4 is 12.6 Å². The number of ether oxygens (including phenoxy) is 1. The summed E-state index contributed by atoms with van der Waals surface area (Å²) in [5, 5.41) is 2.99. The zero-order valence-corrected chi connectivity index (χ0v) is 22.2. The number of aromatic nitrogens is 1. The van der Waals surface area contributed by atoms with E-state index in [1.54, 1.807) is 7.11 Å². The fourth-order valence-electron chi connectivity index (χ4n) is 6.00. The molecular formula is C29H40BN3O3. The van der Waals surface area contributed by atoms with Crippen LogP contribution in [0.15, 0.2) is 58.3 Å². The maximum Gasteiger partial charge on any atom is 0.253 e. The molecule has 0 spiro atoms. The van der Waals surface area contributed by atoms with Crippen LogP contribution in [0.1, 0.15) is 49.4 Å². The molecule has 192 valence electrons. The molecule has 1 saturated heterocycles. The van der Waals surface area contributed by atoms with Gasteiger partial charge in [0.2, 0.25) is 0 Å². The number of likely N-dealkylation sites (tertiary alicyclic amines) is 1. The summed E-state index contributed by atoms with van der Waals surface area (Å²) in [4.78, 5) is 31.2. The Morgan fingerprint density at radius 1 is 1.19 bits per heavy atom. The van der Waals surface area contributed by atoms with Crippen LogP contribution in [0.4, 0.5) is 0 Å². The number of amides is 1. The van der Waals surface area contributed by atoms with Gasteiger partial charge in [0.1, 0.15) is 0 Å². The molecule has 3 heterocycles. The van der Waals surface area contributed by atoms with Gasteiger partial charge in [-0.25, -0.2) is 0 Å². The van der Waals surface area contributed by atoms with Crippen molar-refractivity contribution in [2.75, 3.05) is 20.2 Å². The second-order valence-electron chi connectivity index (χ2n) is 10.8. The van der Waals surface area contributed by atoms with E-state index >= 15 is 0 Å². The van der Waals surface area contributed by atoms with Gasteiger partial charge in [0.05, 0.1) is 6.10 Å². The number of hydrogen-bond acceptors (Lipinski definition) is 4. The lowest BCUT2D eigenvalue weighted by molar-refractivity contribution is -0.117. The number of H-pyrrole nitrogens is 1. The average Bonchev–Trinajstić information content (AvgIpc) is 2.80. The Bertz CT molecular complexity index is 1130. The molecule has 2 N–H and O–H groups in total. The van der Waals surface area contributed by atoms with Crippen molar-refractivity contribution in [3.8, 4) is 0 Å². The molecule has 0 radical (unpaired) electrons. The summed E-state index contributed by atoms with van der Waals surface area (Å²) in [7, 11) is 1.80. The van der Waals surface area contributed by atoms with Crippen molar-refractivity contribution in [3.05, 3.63) is 80.6 Å². The van der Waals surface area contributed by atoms with Gasteiger partial charge in [-0.1, -0.05) is 43.5 Å². The molecule has 1 saturated carbocycles. The fraction of sp³-hybridized carbons (Fsp3) is 0.517. The number of rotatable bonds is 7.